The molecule has 0 radical (unpaired) electrons. The summed E-state index contributed by atoms with van der Waals surface area (Å²) in [5.41, 5.74) is 1.14. The SMILES string of the molecule is CCC/C=C/C1CCC(/C=C/CCc2ccc(C3CCC(CCC)CC3)c(F)c2F)CC1. The van der Waals surface area contributed by atoms with Crippen molar-refractivity contribution < 1.29 is 8.78 Å². The van der Waals surface area contributed by atoms with Crippen LogP contribution in [0.2, 0.25) is 0 Å². The first-order chi connectivity index (χ1) is 15.6. The largest absolute Gasteiger partial charge is 0.203 e. The summed E-state index contributed by atoms with van der Waals surface area (Å²) in [6.07, 6.45) is 24.9. The summed E-state index contributed by atoms with van der Waals surface area (Å²) >= 11 is 0. The molecule has 0 bridgehead atoms. The molecule has 0 amide bonds. The smallest absolute Gasteiger partial charge is 0.162 e. The van der Waals surface area contributed by atoms with Gasteiger partial charge in [0.15, 0.2) is 11.6 Å². The number of halogens is 2. The fourth-order valence-corrected chi connectivity index (χ4v) is 5.80. The third-order valence-corrected chi connectivity index (χ3v) is 7.84. The topological polar surface area (TPSA) is 0 Å². The molecule has 0 unspecified atom stereocenters. The summed E-state index contributed by atoms with van der Waals surface area (Å²) in [4.78, 5) is 0. The maximum absolute atomic E-state index is 14.8. The van der Waals surface area contributed by atoms with Crippen molar-refractivity contribution in [3.05, 3.63) is 59.2 Å². The van der Waals surface area contributed by atoms with E-state index in [0.29, 0.717) is 23.5 Å². The van der Waals surface area contributed by atoms with Crippen LogP contribution < -0.4 is 0 Å². The van der Waals surface area contributed by atoms with Crippen LogP contribution in [-0.4, -0.2) is 0 Å². The van der Waals surface area contributed by atoms with Crippen molar-refractivity contribution in [3.8, 4) is 0 Å². The average molecular weight is 443 g/mol. The molecular formula is C30H44F2. The lowest BCUT2D eigenvalue weighted by Crippen LogP contribution is -2.15. The Morgan fingerprint density at radius 2 is 1.38 bits per heavy atom. The second kappa shape index (κ2) is 13.3. The lowest BCUT2D eigenvalue weighted by Gasteiger charge is -2.29. The molecule has 2 fully saturated rings. The Balaban J connectivity index is 1.44. The maximum Gasteiger partial charge on any atom is 0.162 e. The fourth-order valence-electron chi connectivity index (χ4n) is 5.80. The quantitative estimate of drug-likeness (QED) is 0.316. The first-order valence-corrected chi connectivity index (χ1v) is 13.4. The Labute approximate surface area is 195 Å². The number of benzene rings is 1. The summed E-state index contributed by atoms with van der Waals surface area (Å²) in [7, 11) is 0. The second-order valence-corrected chi connectivity index (χ2v) is 10.3. The van der Waals surface area contributed by atoms with E-state index in [2.05, 4.69) is 38.2 Å². The molecule has 0 spiro atoms. The Hall–Kier alpha value is -1.44. The Morgan fingerprint density at radius 1 is 0.750 bits per heavy atom. The molecule has 2 aliphatic carbocycles. The Bertz CT molecular complexity index is 731. The zero-order valence-corrected chi connectivity index (χ0v) is 20.4. The zero-order valence-electron chi connectivity index (χ0n) is 20.4. The molecule has 0 atom stereocenters. The number of hydrogen-bond donors (Lipinski definition) is 0. The molecule has 1 aromatic rings. The summed E-state index contributed by atoms with van der Waals surface area (Å²) < 4.78 is 29.6. The second-order valence-electron chi connectivity index (χ2n) is 10.3. The molecule has 32 heavy (non-hydrogen) atoms. The van der Waals surface area contributed by atoms with Crippen LogP contribution in [0.25, 0.3) is 0 Å². The van der Waals surface area contributed by atoms with Crippen LogP contribution in [0.1, 0.15) is 114 Å². The predicted molar refractivity (Wildman–Crippen MR) is 133 cm³/mol. The van der Waals surface area contributed by atoms with Crippen LogP contribution in [0.4, 0.5) is 8.78 Å². The van der Waals surface area contributed by atoms with Crippen molar-refractivity contribution in [2.45, 2.75) is 110 Å². The highest BCUT2D eigenvalue weighted by atomic mass is 19.2. The highest BCUT2D eigenvalue weighted by Gasteiger charge is 2.26. The van der Waals surface area contributed by atoms with Crippen molar-refractivity contribution in [3.63, 3.8) is 0 Å². The van der Waals surface area contributed by atoms with Gasteiger partial charge < -0.3 is 0 Å². The van der Waals surface area contributed by atoms with E-state index in [1.54, 1.807) is 0 Å². The van der Waals surface area contributed by atoms with Crippen molar-refractivity contribution >= 4 is 0 Å². The summed E-state index contributed by atoms with van der Waals surface area (Å²) in [6.45, 7) is 4.45. The van der Waals surface area contributed by atoms with E-state index in [1.165, 1.54) is 51.4 Å². The van der Waals surface area contributed by atoms with E-state index < -0.39 is 11.6 Å². The number of unbranched alkanes of at least 4 members (excludes halogenated alkanes) is 1. The molecule has 0 aromatic heterocycles. The van der Waals surface area contributed by atoms with E-state index in [0.717, 1.165) is 43.9 Å². The normalized spacial score (nSPS) is 26.9. The zero-order chi connectivity index (χ0) is 22.8. The first kappa shape index (κ1) is 25.2. The van der Waals surface area contributed by atoms with Gasteiger partial charge in [-0.1, -0.05) is 69.5 Å². The van der Waals surface area contributed by atoms with Gasteiger partial charge in [0.2, 0.25) is 0 Å². The molecule has 0 saturated heterocycles. The minimum Gasteiger partial charge on any atom is -0.203 e. The molecule has 2 saturated carbocycles. The van der Waals surface area contributed by atoms with E-state index in [-0.39, 0.29) is 5.92 Å². The van der Waals surface area contributed by atoms with E-state index in [1.807, 2.05) is 12.1 Å². The standard InChI is InChI=1S/C30H44F2/c1-3-5-6-10-24-13-15-25(16-14-24)11-7-8-12-27-21-22-28(30(32)29(27)31)26-19-17-23(9-4-2)18-20-26/h6-7,10-11,21-26H,3-5,8-9,12-20H2,1-2H3/b10-6+,11-7+. The predicted octanol–water partition coefficient (Wildman–Crippen LogP) is 9.69. The molecule has 178 valence electrons. The van der Waals surface area contributed by atoms with E-state index in [4.69, 9.17) is 0 Å². The minimum absolute atomic E-state index is 0.193. The molecule has 0 heterocycles. The van der Waals surface area contributed by atoms with Gasteiger partial charge in [0.05, 0.1) is 0 Å². The van der Waals surface area contributed by atoms with Crippen LogP contribution in [0.5, 0.6) is 0 Å². The third kappa shape index (κ3) is 7.29. The van der Waals surface area contributed by atoms with Gasteiger partial charge in [-0.05, 0) is 105 Å². The monoisotopic (exact) mass is 442 g/mol. The first-order valence-electron chi connectivity index (χ1n) is 13.4. The molecular weight excluding hydrogens is 398 g/mol. The summed E-state index contributed by atoms with van der Waals surface area (Å²) in [5, 5.41) is 0. The molecule has 0 aliphatic heterocycles. The van der Waals surface area contributed by atoms with E-state index in [9.17, 15) is 8.78 Å². The molecule has 0 nitrogen and oxygen atoms in total. The fraction of sp³-hybridized carbons (Fsp3) is 0.667. The number of allylic oxidation sites excluding steroid dienone is 4. The van der Waals surface area contributed by atoms with Gasteiger partial charge in [-0.15, -0.1) is 0 Å². The summed E-state index contributed by atoms with van der Waals surface area (Å²) in [5.74, 6) is 1.19. The third-order valence-electron chi connectivity index (χ3n) is 7.84. The van der Waals surface area contributed by atoms with Gasteiger partial charge in [-0.25, -0.2) is 8.78 Å². The summed E-state index contributed by atoms with van der Waals surface area (Å²) in [6, 6.07) is 3.71. The van der Waals surface area contributed by atoms with Crippen LogP contribution in [-0.2, 0) is 6.42 Å². The maximum atomic E-state index is 14.8. The van der Waals surface area contributed by atoms with Gasteiger partial charge in [-0.2, -0.15) is 0 Å². The molecule has 3 rings (SSSR count). The van der Waals surface area contributed by atoms with Gasteiger partial charge in [0.25, 0.3) is 0 Å². The molecule has 1 aromatic carbocycles. The number of rotatable bonds is 10. The molecule has 0 N–H and O–H groups in total. The van der Waals surface area contributed by atoms with Crippen LogP contribution in [0.15, 0.2) is 36.4 Å². The van der Waals surface area contributed by atoms with Gasteiger partial charge in [0.1, 0.15) is 0 Å². The van der Waals surface area contributed by atoms with Crippen molar-refractivity contribution in [1.29, 1.82) is 0 Å². The van der Waals surface area contributed by atoms with Crippen molar-refractivity contribution in [2.75, 3.05) is 0 Å². The molecule has 2 heteroatoms. The van der Waals surface area contributed by atoms with Crippen LogP contribution in [0.3, 0.4) is 0 Å². The highest BCUT2D eigenvalue weighted by molar-refractivity contribution is 5.29. The highest BCUT2D eigenvalue weighted by Crippen LogP contribution is 2.39. The van der Waals surface area contributed by atoms with Crippen molar-refractivity contribution in [1.82, 2.24) is 0 Å². The van der Waals surface area contributed by atoms with Crippen molar-refractivity contribution in [2.24, 2.45) is 17.8 Å². The van der Waals surface area contributed by atoms with Gasteiger partial charge >= 0.3 is 0 Å². The lowest BCUT2D eigenvalue weighted by molar-refractivity contribution is 0.302. The van der Waals surface area contributed by atoms with Gasteiger partial charge in [0, 0.05) is 0 Å². The molecule has 2 aliphatic rings. The lowest BCUT2D eigenvalue weighted by atomic mass is 9.77. The van der Waals surface area contributed by atoms with Crippen LogP contribution in [0, 0.1) is 29.4 Å². The Kier molecular flexibility index (Phi) is 10.5. The Morgan fingerprint density at radius 3 is 1.97 bits per heavy atom. The number of hydrogen-bond acceptors (Lipinski definition) is 0. The number of aryl methyl sites for hydroxylation is 1. The minimum atomic E-state index is -0.606. The van der Waals surface area contributed by atoms with E-state index >= 15 is 0 Å². The average Bonchev–Trinajstić information content (AvgIpc) is 2.81. The van der Waals surface area contributed by atoms with Crippen LogP contribution >= 0.6 is 0 Å². The van der Waals surface area contributed by atoms with Gasteiger partial charge in [-0.3, -0.25) is 0 Å².